The van der Waals surface area contributed by atoms with Crippen molar-refractivity contribution in [3.8, 4) is 0 Å². The zero-order chi connectivity index (χ0) is 17.6. The molecule has 2 aromatic carbocycles. The highest BCUT2D eigenvalue weighted by atomic mass is 16.7. The maximum absolute atomic E-state index is 12.1. The van der Waals surface area contributed by atoms with Gasteiger partial charge in [-0.15, -0.1) is 0 Å². The summed E-state index contributed by atoms with van der Waals surface area (Å²) < 4.78 is 4.60. The molecule has 0 spiro atoms. The van der Waals surface area contributed by atoms with E-state index in [1.165, 1.54) is 0 Å². The molecule has 1 aromatic heterocycles. The van der Waals surface area contributed by atoms with Crippen molar-refractivity contribution in [1.29, 1.82) is 0 Å². The fourth-order valence-corrected chi connectivity index (χ4v) is 2.02. The van der Waals surface area contributed by atoms with Crippen LogP contribution in [0.5, 0.6) is 0 Å². The number of aryl methyl sites for hydroxylation is 1. The number of hydrogen-bond donors (Lipinski definition) is 2. The Morgan fingerprint density at radius 1 is 1.12 bits per heavy atom. The van der Waals surface area contributed by atoms with E-state index in [1.54, 1.807) is 36.4 Å². The standard InChI is InChI=1S/C17H15N5O3/c1-11-7-5-6-10-13(11)19-16(14-15(18)21-25-20-14)22-24-17(23)12-8-3-2-4-9-12/h2-10H,1H3,(H2,18,21)(H,19,22). The van der Waals surface area contributed by atoms with E-state index >= 15 is 0 Å². The molecule has 0 amide bonds. The lowest BCUT2D eigenvalue weighted by molar-refractivity contribution is 0.0387. The molecule has 8 heteroatoms. The lowest BCUT2D eigenvalue weighted by Crippen LogP contribution is -2.29. The van der Waals surface area contributed by atoms with E-state index in [4.69, 9.17) is 10.6 Å². The number of carbonyl (C=O) groups excluding carboxylic acids is 1. The van der Waals surface area contributed by atoms with Crippen LogP contribution in [0.1, 0.15) is 21.6 Å². The van der Waals surface area contributed by atoms with E-state index in [1.807, 2.05) is 25.1 Å². The van der Waals surface area contributed by atoms with Gasteiger partial charge in [0, 0.05) is 0 Å². The Morgan fingerprint density at radius 3 is 2.52 bits per heavy atom. The molecule has 0 unspecified atom stereocenters. The number of hydroxylamine groups is 1. The molecule has 0 saturated carbocycles. The molecule has 0 bridgehead atoms. The summed E-state index contributed by atoms with van der Waals surface area (Å²) in [6, 6.07) is 16.0. The molecule has 3 rings (SSSR count). The molecular weight excluding hydrogens is 322 g/mol. The monoisotopic (exact) mass is 337 g/mol. The number of amidine groups is 1. The van der Waals surface area contributed by atoms with E-state index in [2.05, 4.69) is 25.4 Å². The Labute approximate surface area is 143 Å². The number of nitrogens with two attached hydrogens (primary N) is 1. The molecule has 0 fully saturated rings. The van der Waals surface area contributed by atoms with Gasteiger partial charge in [-0.1, -0.05) is 36.4 Å². The second-order valence-corrected chi connectivity index (χ2v) is 5.10. The van der Waals surface area contributed by atoms with Crippen LogP contribution in [0.2, 0.25) is 0 Å². The van der Waals surface area contributed by atoms with Crippen molar-refractivity contribution in [2.75, 3.05) is 5.73 Å². The van der Waals surface area contributed by atoms with E-state index in [-0.39, 0.29) is 17.3 Å². The van der Waals surface area contributed by atoms with E-state index < -0.39 is 5.97 Å². The lowest BCUT2D eigenvalue weighted by atomic mass is 10.2. The smallest absolute Gasteiger partial charge is 0.362 e. The summed E-state index contributed by atoms with van der Waals surface area (Å²) in [6.45, 7) is 1.90. The van der Waals surface area contributed by atoms with Gasteiger partial charge in [-0.25, -0.2) is 14.4 Å². The van der Waals surface area contributed by atoms with Crippen molar-refractivity contribution in [3.05, 3.63) is 71.4 Å². The van der Waals surface area contributed by atoms with Crippen molar-refractivity contribution in [2.24, 2.45) is 4.99 Å². The van der Waals surface area contributed by atoms with Crippen LogP contribution >= 0.6 is 0 Å². The van der Waals surface area contributed by atoms with Crippen LogP contribution in [0, 0.1) is 6.92 Å². The molecular formula is C17H15N5O3. The minimum atomic E-state index is -0.576. The Balaban J connectivity index is 1.87. The maximum atomic E-state index is 12.1. The number of carbonyl (C=O) groups is 1. The Morgan fingerprint density at radius 2 is 1.84 bits per heavy atom. The third-order valence-electron chi connectivity index (χ3n) is 3.34. The molecule has 3 N–H and O–H groups in total. The molecule has 0 aliphatic heterocycles. The van der Waals surface area contributed by atoms with Crippen LogP contribution in [0.15, 0.2) is 64.2 Å². The zero-order valence-electron chi connectivity index (χ0n) is 13.3. The summed E-state index contributed by atoms with van der Waals surface area (Å²) in [5.74, 6) is -0.443. The number of aromatic nitrogens is 2. The minimum absolute atomic E-state index is 0.0237. The lowest BCUT2D eigenvalue weighted by Gasteiger charge is -2.09. The van der Waals surface area contributed by atoms with E-state index in [0.29, 0.717) is 11.3 Å². The largest absolute Gasteiger partial charge is 0.379 e. The van der Waals surface area contributed by atoms with Gasteiger partial charge in [-0.05, 0) is 41.0 Å². The number of rotatable bonds is 3. The third kappa shape index (κ3) is 3.81. The van der Waals surface area contributed by atoms with Crippen LogP contribution < -0.4 is 11.2 Å². The summed E-state index contributed by atoms with van der Waals surface area (Å²) in [6.07, 6.45) is 0. The average Bonchev–Trinajstić information content (AvgIpc) is 3.06. The first kappa shape index (κ1) is 16.2. The first-order valence-electron chi connectivity index (χ1n) is 7.40. The van der Waals surface area contributed by atoms with Gasteiger partial charge in [0.15, 0.2) is 17.3 Å². The number of nitrogens with zero attached hydrogens (tertiary/aromatic N) is 3. The summed E-state index contributed by atoms with van der Waals surface area (Å²) in [4.78, 5) is 21.6. The summed E-state index contributed by atoms with van der Waals surface area (Å²) in [5.41, 5.74) is 10.3. The highest BCUT2D eigenvalue weighted by molar-refractivity contribution is 6.02. The molecule has 8 nitrogen and oxygen atoms in total. The van der Waals surface area contributed by atoms with Gasteiger partial charge in [-0.2, -0.15) is 5.48 Å². The summed E-state index contributed by atoms with van der Waals surface area (Å²) in [5, 5.41) is 7.21. The van der Waals surface area contributed by atoms with Gasteiger partial charge < -0.3 is 10.6 Å². The van der Waals surface area contributed by atoms with Crippen LogP contribution in [0.3, 0.4) is 0 Å². The van der Waals surface area contributed by atoms with Crippen LogP contribution in [-0.2, 0) is 4.84 Å². The minimum Gasteiger partial charge on any atom is -0.379 e. The van der Waals surface area contributed by atoms with Crippen molar-refractivity contribution in [2.45, 2.75) is 6.92 Å². The Hall–Kier alpha value is -3.68. The molecule has 0 saturated heterocycles. The molecule has 1 heterocycles. The fourth-order valence-electron chi connectivity index (χ4n) is 2.02. The van der Waals surface area contributed by atoms with Crippen LogP contribution in [0.25, 0.3) is 0 Å². The average molecular weight is 337 g/mol. The zero-order valence-corrected chi connectivity index (χ0v) is 13.3. The molecule has 126 valence electrons. The van der Waals surface area contributed by atoms with Crippen LogP contribution in [-0.4, -0.2) is 22.1 Å². The van der Waals surface area contributed by atoms with Crippen molar-refractivity contribution in [1.82, 2.24) is 15.8 Å². The van der Waals surface area contributed by atoms with Gasteiger partial charge >= 0.3 is 5.97 Å². The Bertz CT molecular complexity index is 905. The first-order valence-corrected chi connectivity index (χ1v) is 7.40. The maximum Gasteiger partial charge on any atom is 0.362 e. The second-order valence-electron chi connectivity index (χ2n) is 5.10. The number of nitrogen functional groups attached to an aromatic ring is 1. The van der Waals surface area contributed by atoms with Crippen LogP contribution in [0.4, 0.5) is 11.5 Å². The second kappa shape index (κ2) is 7.26. The SMILES string of the molecule is Cc1ccccc1N=C(NOC(=O)c1ccccc1)c1nonc1N. The van der Waals surface area contributed by atoms with Gasteiger partial charge in [0.2, 0.25) is 0 Å². The molecule has 0 aliphatic carbocycles. The number of nitrogens with one attached hydrogen (secondary N) is 1. The van der Waals surface area contributed by atoms with E-state index in [0.717, 1.165) is 5.56 Å². The van der Waals surface area contributed by atoms with E-state index in [9.17, 15) is 4.79 Å². The highest BCUT2D eigenvalue weighted by Gasteiger charge is 2.17. The topological polar surface area (TPSA) is 116 Å². The molecule has 3 aromatic rings. The van der Waals surface area contributed by atoms with Gasteiger partial charge in [0.25, 0.3) is 0 Å². The number of hydrogen-bond acceptors (Lipinski definition) is 7. The number of aliphatic imine (C=N–C) groups is 1. The third-order valence-corrected chi connectivity index (χ3v) is 3.34. The predicted molar refractivity (Wildman–Crippen MR) is 91.1 cm³/mol. The molecule has 25 heavy (non-hydrogen) atoms. The summed E-state index contributed by atoms with van der Waals surface area (Å²) in [7, 11) is 0. The van der Waals surface area contributed by atoms with Crippen molar-refractivity contribution < 1.29 is 14.3 Å². The molecule has 0 radical (unpaired) electrons. The number of benzene rings is 2. The number of para-hydroxylation sites is 1. The number of anilines is 1. The predicted octanol–water partition coefficient (Wildman–Crippen LogP) is 2.40. The fraction of sp³-hybridized carbons (Fsp3) is 0.0588. The molecule has 0 atom stereocenters. The van der Waals surface area contributed by atoms with Gasteiger partial charge in [0.1, 0.15) is 0 Å². The summed E-state index contributed by atoms with van der Waals surface area (Å²) >= 11 is 0. The normalized spacial score (nSPS) is 11.2. The highest BCUT2D eigenvalue weighted by Crippen LogP contribution is 2.19. The first-order chi connectivity index (χ1) is 12.1. The molecule has 0 aliphatic rings. The Kier molecular flexibility index (Phi) is 4.70. The van der Waals surface area contributed by atoms with Gasteiger partial charge in [0.05, 0.1) is 11.3 Å². The van der Waals surface area contributed by atoms with Crippen molar-refractivity contribution in [3.63, 3.8) is 0 Å². The van der Waals surface area contributed by atoms with Gasteiger partial charge in [-0.3, -0.25) is 0 Å². The van der Waals surface area contributed by atoms with Crippen molar-refractivity contribution >= 4 is 23.3 Å². The quantitative estimate of drug-likeness (QED) is 0.428.